The molecule has 1 N–H and O–H groups in total. The minimum atomic E-state index is -4.18. The molecule has 3 aromatic rings. The number of carbonyl (C=O) groups excluding carboxylic acids is 1. The van der Waals surface area contributed by atoms with Crippen molar-refractivity contribution >= 4 is 28.1 Å². The minimum absolute atomic E-state index is 0.0250. The van der Waals surface area contributed by atoms with Gasteiger partial charge in [0, 0.05) is 43.2 Å². The number of allylic oxidation sites excluding steroid dienone is 2. The molecule has 0 spiro atoms. The number of hydrogen-bond donors (Lipinski definition) is 1. The maximum Gasteiger partial charge on any atom is 0.392 e. The lowest BCUT2D eigenvalue weighted by molar-refractivity contribution is -0.175. The topological polar surface area (TPSA) is 54.5 Å². The molecule has 5 nitrogen and oxygen atoms in total. The monoisotopic (exact) mass is 495 g/mol. The number of pyridine rings is 1. The average molecular weight is 496 g/mol. The lowest BCUT2D eigenvalue weighted by atomic mass is 9.85. The molecule has 0 radical (unpaired) electrons. The highest BCUT2D eigenvalue weighted by atomic mass is 19.4. The quantitative estimate of drug-likeness (QED) is 0.462. The Balaban J connectivity index is 1.49. The molecule has 2 aliphatic rings. The highest BCUT2D eigenvalue weighted by molar-refractivity contribution is 6.09. The van der Waals surface area contributed by atoms with E-state index in [1.165, 1.54) is 0 Å². The van der Waals surface area contributed by atoms with E-state index in [0.29, 0.717) is 30.5 Å². The molecule has 0 saturated heterocycles. The van der Waals surface area contributed by atoms with Gasteiger partial charge in [-0.15, -0.1) is 0 Å². The molecule has 1 aromatic heterocycles. The first-order valence-electron chi connectivity index (χ1n) is 12.1. The summed E-state index contributed by atoms with van der Waals surface area (Å²) in [4.78, 5) is 20.0. The van der Waals surface area contributed by atoms with Gasteiger partial charge >= 0.3 is 6.18 Å². The van der Waals surface area contributed by atoms with Crippen LogP contribution in [-0.2, 0) is 0 Å². The second-order valence-corrected chi connectivity index (χ2v) is 9.56. The molecule has 0 fully saturated rings. The van der Waals surface area contributed by atoms with Crippen LogP contribution in [0.3, 0.4) is 0 Å². The second kappa shape index (κ2) is 9.48. The van der Waals surface area contributed by atoms with Gasteiger partial charge in [-0.25, -0.2) is 0 Å². The predicted molar refractivity (Wildman–Crippen MR) is 134 cm³/mol. The Kier molecular flexibility index (Phi) is 6.36. The number of amides is 1. The van der Waals surface area contributed by atoms with E-state index < -0.39 is 12.1 Å². The van der Waals surface area contributed by atoms with Crippen molar-refractivity contribution in [3.05, 3.63) is 71.4 Å². The van der Waals surface area contributed by atoms with Gasteiger partial charge in [0.2, 0.25) is 0 Å². The van der Waals surface area contributed by atoms with E-state index in [2.05, 4.69) is 10.3 Å². The van der Waals surface area contributed by atoms with Gasteiger partial charge in [0.15, 0.2) is 0 Å². The number of carbonyl (C=O) groups is 1. The average Bonchev–Trinajstić information content (AvgIpc) is 2.87. The van der Waals surface area contributed by atoms with Crippen molar-refractivity contribution in [2.75, 3.05) is 25.6 Å². The number of ether oxygens (including phenoxy) is 1. The van der Waals surface area contributed by atoms with Crippen LogP contribution in [-0.4, -0.2) is 37.8 Å². The molecule has 188 valence electrons. The first-order chi connectivity index (χ1) is 17.2. The van der Waals surface area contributed by atoms with Crippen molar-refractivity contribution in [1.82, 2.24) is 10.3 Å². The zero-order valence-corrected chi connectivity index (χ0v) is 20.2. The van der Waals surface area contributed by atoms with Crippen LogP contribution >= 0.6 is 0 Å². The summed E-state index contributed by atoms with van der Waals surface area (Å²) in [6.45, 7) is 0.520. The first-order valence-corrected chi connectivity index (χ1v) is 12.1. The fourth-order valence-electron chi connectivity index (χ4n) is 5.22. The maximum absolute atomic E-state index is 13.5. The highest BCUT2D eigenvalue weighted by Crippen LogP contribution is 2.41. The first kappa shape index (κ1) is 24.2. The summed E-state index contributed by atoms with van der Waals surface area (Å²) in [7, 11) is 3.74. The molecule has 0 saturated carbocycles. The summed E-state index contributed by atoms with van der Waals surface area (Å²) < 4.78 is 45.1. The van der Waals surface area contributed by atoms with Crippen molar-refractivity contribution in [3.8, 4) is 5.75 Å². The smallest absolute Gasteiger partial charge is 0.392 e. The number of para-hydroxylation sites is 2. The SMILES string of the molecule is CN(C)c1c(C(=O)NC2CCOc3ccccc32)cnc2c(C3=CCC(C(F)(F)F)CC3)cccc12. The van der Waals surface area contributed by atoms with Crippen LogP contribution in [0.5, 0.6) is 5.75 Å². The third-order valence-electron chi connectivity index (χ3n) is 7.04. The number of hydrogen-bond acceptors (Lipinski definition) is 4. The molecule has 1 aliphatic carbocycles. The van der Waals surface area contributed by atoms with Crippen LogP contribution in [0.2, 0.25) is 0 Å². The van der Waals surface area contributed by atoms with E-state index >= 15 is 0 Å². The van der Waals surface area contributed by atoms with E-state index in [0.717, 1.165) is 33.5 Å². The van der Waals surface area contributed by atoms with E-state index in [1.807, 2.05) is 61.5 Å². The Bertz CT molecular complexity index is 1330. The number of anilines is 1. The van der Waals surface area contributed by atoms with Crippen LogP contribution in [0.25, 0.3) is 16.5 Å². The summed E-state index contributed by atoms with van der Waals surface area (Å²) in [5.41, 5.74) is 4.50. The van der Waals surface area contributed by atoms with Gasteiger partial charge in [-0.1, -0.05) is 42.5 Å². The Morgan fingerprint density at radius 2 is 1.92 bits per heavy atom. The highest BCUT2D eigenvalue weighted by Gasteiger charge is 2.40. The number of halogens is 3. The Labute approximate surface area is 208 Å². The molecule has 2 unspecified atom stereocenters. The maximum atomic E-state index is 13.5. The number of rotatable bonds is 4. The lowest BCUT2D eigenvalue weighted by Gasteiger charge is -2.28. The van der Waals surface area contributed by atoms with Crippen molar-refractivity contribution < 1.29 is 22.7 Å². The van der Waals surface area contributed by atoms with Crippen LogP contribution in [0.15, 0.2) is 54.7 Å². The summed E-state index contributed by atoms with van der Waals surface area (Å²) in [6, 6.07) is 13.2. The molecule has 1 aliphatic heterocycles. The van der Waals surface area contributed by atoms with E-state index in [-0.39, 0.29) is 24.8 Å². The summed E-state index contributed by atoms with van der Waals surface area (Å²) in [6.07, 6.45) is 0.138. The number of nitrogens with zero attached hydrogens (tertiary/aromatic N) is 2. The molecule has 2 aromatic carbocycles. The zero-order chi connectivity index (χ0) is 25.4. The van der Waals surface area contributed by atoms with Gasteiger partial charge in [0.1, 0.15) is 5.75 Å². The molecular formula is C28H28F3N3O2. The zero-order valence-electron chi connectivity index (χ0n) is 20.2. The van der Waals surface area contributed by atoms with Crippen molar-refractivity contribution in [2.45, 2.75) is 37.9 Å². The molecule has 2 heterocycles. The van der Waals surface area contributed by atoms with Crippen molar-refractivity contribution in [3.63, 3.8) is 0 Å². The van der Waals surface area contributed by atoms with Gasteiger partial charge in [-0.2, -0.15) is 13.2 Å². The Morgan fingerprint density at radius 3 is 2.64 bits per heavy atom. The molecule has 0 bridgehead atoms. The number of benzene rings is 2. The molecule has 5 rings (SSSR count). The summed E-state index contributed by atoms with van der Waals surface area (Å²) in [5, 5.41) is 3.93. The third kappa shape index (κ3) is 4.52. The second-order valence-electron chi connectivity index (χ2n) is 9.56. The fraction of sp³-hybridized carbons (Fsp3) is 0.357. The van der Waals surface area contributed by atoms with Crippen LogP contribution in [0.1, 0.15) is 53.2 Å². The third-order valence-corrected chi connectivity index (χ3v) is 7.04. The molecular weight excluding hydrogens is 467 g/mol. The number of fused-ring (bicyclic) bond motifs is 2. The molecule has 2 atom stereocenters. The summed E-state index contributed by atoms with van der Waals surface area (Å²) >= 11 is 0. The van der Waals surface area contributed by atoms with Gasteiger partial charge in [-0.3, -0.25) is 9.78 Å². The normalized spacial score (nSPS) is 19.8. The fourth-order valence-corrected chi connectivity index (χ4v) is 5.22. The predicted octanol–water partition coefficient (Wildman–Crippen LogP) is 6.30. The summed E-state index contributed by atoms with van der Waals surface area (Å²) in [5.74, 6) is -0.756. The van der Waals surface area contributed by atoms with Gasteiger partial charge in [-0.05, 0) is 30.9 Å². The van der Waals surface area contributed by atoms with Crippen LogP contribution in [0, 0.1) is 5.92 Å². The van der Waals surface area contributed by atoms with Gasteiger partial charge < -0.3 is 15.0 Å². The van der Waals surface area contributed by atoms with Crippen molar-refractivity contribution in [2.24, 2.45) is 5.92 Å². The van der Waals surface area contributed by atoms with Gasteiger partial charge in [0.25, 0.3) is 5.91 Å². The van der Waals surface area contributed by atoms with Crippen molar-refractivity contribution in [1.29, 1.82) is 0 Å². The Morgan fingerprint density at radius 1 is 1.11 bits per heavy atom. The van der Waals surface area contributed by atoms with Crippen LogP contribution < -0.4 is 15.0 Å². The van der Waals surface area contributed by atoms with E-state index in [1.54, 1.807) is 12.3 Å². The van der Waals surface area contributed by atoms with Crippen LogP contribution in [0.4, 0.5) is 18.9 Å². The van der Waals surface area contributed by atoms with E-state index in [9.17, 15) is 18.0 Å². The van der Waals surface area contributed by atoms with Gasteiger partial charge in [0.05, 0.1) is 35.3 Å². The number of alkyl halides is 3. The number of nitrogens with one attached hydrogen (secondary N) is 1. The minimum Gasteiger partial charge on any atom is -0.493 e. The number of aromatic nitrogens is 1. The largest absolute Gasteiger partial charge is 0.493 e. The standard InChI is InChI=1S/C28H28F3N3O2/c1-34(2)26-21-8-5-7-19(17-10-12-18(13-11-17)28(29,30)31)25(21)32-16-22(26)27(35)33-23-14-15-36-24-9-4-3-6-20(23)24/h3-10,16,18,23H,11-15H2,1-2H3,(H,33,35). The molecule has 36 heavy (non-hydrogen) atoms. The molecule has 1 amide bonds. The lowest BCUT2D eigenvalue weighted by Crippen LogP contribution is -2.33. The van der Waals surface area contributed by atoms with E-state index in [4.69, 9.17) is 4.74 Å². The Hall–Kier alpha value is -3.55. The molecule has 8 heteroatoms.